The minimum Gasteiger partial charge on any atom is -0.496 e. The van der Waals surface area contributed by atoms with Crippen LogP contribution in [0.4, 0.5) is 0 Å². The molecule has 0 aromatic heterocycles. The van der Waals surface area contributed by atoms with Crippen LogP contribution < -0.4 is 10.1 Å². The summed E-state index contributed by atoms with van der Waals surface area (Å²) in [5.74, 6) is 1.91. The lowest BCUT2D eigenvalue weighted by Gasteiger charge is -2.28. The molecule has 1 heterocycles. The highest BCUT2D eigenvalue weighted by Crippen LogP contribution is 2.37. The molecule has 0 saturated carbocycles. The monoisotopic (exact) mass is 275 g/mol. The van der Waals surface area contributed by atoms with E-state index in [1.165, 1.54) is 29.5 Å². The third kappa shape index (κ3) is 3.35. The van der Waals surface area contributed by atoms with Gasteiger partial charge in [0.05, 0.1) is 7.11 Å². The Morgan fingerprint density at radius 3 is 2.40 bits per heavy atom. The molecule has 20 heavy (non-hydrogen) atoms. The molecular weight excluding hydrogens is 246 g/mol. The topological polar surface area (TPSA) is 21.3 Å². The summed E-state index contributed by atoms with van der Waals surface area (Å²) in [6, 6.07) is 4.50. The van der Waals surface area contributed by atoms with Gasteiger partial charge in [-0.25, -0.2) is 0 Å². The zero-order chi connectivity index (χ0) is 14.8. The van der Waals surface area contributed by atoms with E-state index in [1.807, 2.05) is 7.11 Å². The second kappa shape index (κ2) is 6.17. The van der Waals surface area contributed by atoms with Gasteiger partial charge in [-0.1, -0.05) is 32.9 Å². The van der Waals surface area contributed by atoms with Crippen molar-refractivity contribution in [1.82, 2.24) is 5.32 Å². The van der Waals surface area contributed by atoms with Crippen molar-refractivity contribution in [2.24, 2.45) is 5.92 Å². The lowest BCUT2D eigenvalue weighted by molar-refractivity contribution is 0.356. The smallest absolute Gasteiger partial charge is 0.126 e. The van der Waals surface area contributed by atoms with Gasteiger partial charge in [-0.3, -0.25) is 0 Å². The number of hydrogen-bond acceptors (Lipinski definition) is 2. The summed E-state index contributed by atoms with van der Waals surface area (Å²) < 4.78 is 5.81. The van der Waals surface area contributed by atoms with Crippen LogP contribution in [0.15, 0.2) is 12.1 Å². The molecule has 0 atom stereocenters. The number of methoxy groups -OCH3 is 1. The molecule has 0 radical (unpaired) electrons. The molecule has 1 aliphatic heterocycles. The number of hydrogen-bond donors (Lipinski definition) is 1. The molecule has 0 unspecified atom stereocenters. The minimum absolute atomic E-state index is 0.127. The summed E-state index contributed by atoms with van der Waals surface area (Å²) >= 11 is 0. The molecular formula is C18H29NO. The average molecular weight is 275 g/mol. The van der Waals surface area contributed by atoms with Gasteiger partial charge < -0.3 is 10.1 Å². The maximum absolute atomic E-state index is 5.81. The molecule has 0 amide bonds. The van der Waals surface area contributed by atoms with E-state index in [1.54, 1.807) is 0 Å². The number of aryl methyl sites for hydroxylation is 1. The normalized spacial score (nSPS) is 17.2. The van der Waals surface area contributed by atoms with Crippen molar-refractivity contribution in [1.29, 1.82) is 0 Å². The van der Waals surface area contributed by atoms with Crippen molar-refractivity contribution in [2.75, 3.05) is 20.2 Å². The third-order valence-corrected chi connectivity index (χ3v) is 4.46. The Morgan fingerprint density at radius 2 is 1.85 bits per heavy atom. The highest BCUT2D eigenvalue weighted by atomic mass is 16.5. The van der Waals surface area contributed by atoms with Crippen molar-refractivity contribution >= 4 is 0 Å². The summed E-state index contributed by atoms with van der Waals surface area (Å²) in [7, 11) is 1.82. The number of ether oxygens (including phenoxy) is 1. The van der Waals surface area contributed by atoms with Crippen molar-refractivity contribution < 1.29 is 4.74 Å². The second-order valence-electron chi connectivity index (χ2n) is 7.09. The molecule has 2 heteroatoms. The quantitative estimate of drug-likeness (QED) is 0.905. The van der Waals surface area contributed by atoms with Gasteiger partial charge in [0.15, 0.2) is 0 Å². The van der Waals surface area contributed by atoms with Gasteiger partial charge in [0.2, 0.25) is 0 Å². The Morgan fingerprint density at radius 1 is 1.20 bits per heavy atom. The molecule has 2 nitrogen and oxygen atoms in total. The van der Waals surface area contributed by atoms with Crippen LogP contribution in [-0.2, 0) is 11.8 Å². The van der Waals surface area contributed by atoms with Crippen LogP contribution in [0.2, 0.25) is 0 Å². The van der Waals surface area contributed by atoms with Gasteiger partial charge in [0.25, 0.3) is 0 Å². The fourth-order valence-electron chi connectivity index (χ4n) is 3.18. The molecule has 1 fully saturated rings. The second-order valence-corrected chi connectivity index (χ2v) is 7.09. The molecule has 1 aromatic carbocycles. The lowest BCUT2D eigenvalue weighted by Crippen LogP contribution is -2.29. The number of nitrogens with one attached hydrogen (secondary N) is 1. The molecule has 0 bridgehead atoms. The SMILES string of the molecule is COc1c(C(C)(C)C)ccc(C)c1CC1CCNCC1. The van der Waals surface area contributed by atoms with E-state index in [0.29, 0.717) is 0 Å². The maximum Gasteiger partial charge on any atom is 0.126 e. The van der Waals surface area contributed by atoms with E-state index < -0.39 is 0 Å². The predicted molar refractivity (Wildman–Crippen MR) is 85.7 cm³/mol. The van der Waals surface area contributed by atoms with Gasteiger partial charge in [-0.2, -0.15) is 0 Å². The molecule has 0 spiro atoms. The molecule has 1 aliphatic rings. The Bertz CT molecular complexity index is 453. The largest absolute Gasteiger partial charge is 0.496 e. The summed E-state index contributed by atoms with van der Waals surface area (Å²) in [6.07, 6.45) is 3.71. The van der Waals surface area contributed by atoms with E-state index in [9.17, 15) is 0 Å². The predicted octanol–water partition coefficient (Wildman–Crippen LogP) is 3.84. The first-order chi connectivity index (χ1) is 9.43. The fourth-order valence-corrected chi connectivity index (χ4v) is 3.18. The molecule has 1 N–H and O–H groups in total. The van der Waals surface area contributed by atoms with Gasteiger partial charge in [0.1, 0.15) is 5.75 Å². The van der Waals surface area contributed by atoms with Crippen LogP contribution in [-0.4, -0.2) is 20.2 Å². The first kappa shape index (κ1) is 15.4. The van der Waals surface area contributed by atoms with E-state index >= 15 is 0 Å². The molecule has 2 rings (SSSR count). The van der Waals surface area contributed by atoms with Crippen LogP contribution in [0.5, 0.6) is 5.75 Å². The number of rotatable bonds is 3. The summed E-state index contributed by atoms with van der Waals surface area (Å²) in [5.41, 5.74) is 4.25. The van der Waals surface area contributed by atoms with Crippen molar-refractivity contribution in [3.8, 4) is 5.75 Å². The van der Waals surface area contributed by atoms with Gasteiger partial charge in [-0.05, 0) is 67.3 Å². The zero-order valence-electron chi connectivity index (χ0n) is 13.7. The lowest BCUT2D eigenvalue weighted by atomic mass is 9.81. The highest BCUT2D eigenvalue weighted by molar-refractivity contribution is 5.49. The highest BCUT2D eigenvalue weighted by Gasteiger charge is 2.24. The Kier molecular flexibility index (Phi) is 4.74. The van der Waals surface area contributed by atoms with Gasteiger partial charge in [0, 0.05) is 0 Å². The van der Waals surface area contributed by atoms with Gasteiger partial charge in [-0.15, -0.1) is 0 Å². The van der Waals surface area contributed by atoms with Crippen LogP contribution in [0.3, 0.4) is 0 Å². The van der Waals surface area contributed by atoms with Crippen LogP contribution >= 0.6 is 0 Å². The maximum atomic E-state index is 5.81. The van der Waals surface area contributed by atoms with Crippen LogP contribution in [0.1, 0.15) is 50.3 Å². The fraction of sp³-hybridized carbons (Fsp3) is 0.667. The standard InChI is InChI=1S/C18H29NO/c1-13-6-7-16(18(2,3)4)17(20-5)15(13)12-14-8-10-19-11-9-14/h6-7,14,19H,8-12H2,1-5H3. The van der Waals surface area contributed by atoms with Crippen molar-refractivity contribution in [3.05, 3.63) is 28.8 Å². The van der Waals surface area contributed by atoms with Gasteiger partial charge >= 0.3 is 0 Å². The van der Waals surface area contributed by atoms with Crippen LogP contribution in [0.25, 0.3) is 0 Å². The van der Waals surface area contributed by atoms with E-state index in [0.717, 1.165) is 31.2 Å². The first-order valence-electron chi connectivity index (χ1n) is 7.81. The Balaban J connectivity index is 2.34. The number of piperidine rings is 1. The summed E-state index contributed by atoms with van der Waals surface area (Å²) in [5, 5.41) is 3.45. The van der Waals surface area contributed by atoms with E-state index in [-0.39, 0.29) is 5.41 Å². The number of benzene rings is 1. The van der Waals surface area contributed by atoms with E-state index in [4.69, 9.17) is 4.74 Å². The summed E-state index contributed by atoms with van der Waals surface area (Å²) in [4.78, 5) is 0. The molecule has 1 saturated heterocycles. The Labute approximate surface area is 123 Å². The zero-order valence-corrected chi connectivity index (χ0v) is 13.7. The van der Waals surface area contributed by atoms with Crippen molar-refractivity contribution in [2.45, 2.75) is 52.4 Å². The average Bonchev–Trinajstić information content (AvgIpc) is 2.40. The van der Waals surface area contributed by atoms with Crippen molar-refractivity contribution in [3.63, 3.8) is 0 Å². The molecule has 0 aliphatic carbocycles. The summed E-state index contributed by atoms with van der Waals surface area (Å²) in [6.45, 7) is 11.3. The third-order valence-electron chi connectivity index (χ3n) is 4.46. The minimum atomic E-state index is 0.127. The molecule has 1 aromatic rings. The first-order valence-corrected chi connectivity index (χ1v) is 7.81. The van der Waals surface area contributed by atoms with Crippen LogP contribution in [0, 0.1) is 12.8 Å². The van der Waals surface area contributed by atoms with E-state index in [2.05, 4.69) is 45.1 Å². The molecule has 112 valence electrons. The Hall–Kier alpha value is -1.02.